The van der Waals surface area contributed by atoms with E-state index in [0.717, 1.165) is 102 Å². The Labute approximate surface area is 581 Å². The van der Waals surface area contributed by atoms with Crippen LogP contribution in [-0.2, 0) is 65.4 Å². The first-order chi connectivity index (χ1) is 45.9. The van der Waals surface area contributed by atoms with Gasteiger partial charge in [-0.05, 0) is 37.5 Å². The highest BCUT2D eigenvalue weighted by Crippen LogP contribution is 2.45. The minimum Gasteiger partial charge on any atom is -0.462 e. The third-order valence-electron chi connectivity index (χ3n) is 17.7. The van der Waals surface area contributed by atoms with Crippen molar-refractivity contribution in [2.24, 2.45) is 11.8 Å². The van der Waals surface area contributed by atoms with E-state index in [1.165, 1.54) is 212 Å². The van der Waals surface area contributed by atoms with Crippen LogP contribution in [0.15, 0.2) is 0 Å². The van der Waals surface area contributed by atoms with E-state index in [1.54, 1.807) is 0 Å². The molecule has 0 amide bonds. The molecule has 0 heterocycles. The summed E-state index contributed by atoms with van der Waals surface area (Å²) < 4.78 is 68.6. The Morgan fingerprint density at radius 3 is 0.716 bits per heavy atom. The van der Waals surface area contributed by atoms with Crippen LogP contribution in [0.1, 0.15) is 395 Å². The Morgan fingerprint density at radius 2 is 0.484 bits per heavy atom. The third-order valence-corrected chi connectivity index (χ3v) is 19.6. The highest BCUT2D eigenvalue weighted by atomic mass is 31.2. The van der Waals surface area contributed by atoms with Crippen LogP contribution in [0.4, 0.5) is 0 Å². The van der Waals surface area contributed by atoms with E-state index >= 15 is 0 Å². The molecule has 5 atom stereocenters. The van der Waals surface area contributed by atoms with Gasteiger partial charge in [-0.15, -0.1) is 0 Å². The normalized spacial score (nSPS) is 14.0. The van der Waals surface area contributed by atoms with E-state index in [9.17, 15) is 43.2 Å². The lowest BCUT2D eigenvalue weighted by Gasteiger charge is -2.21. The number of carbonyl (C=O) groups is 4. The Morgan fingerprint density at radius 1 is 0.284 bits per heavy atom. The number of ether oxygens (including phenoxy) is 4. The largest absolute Gasteiger partial charge is 0.472 e. The van der Waals surface area contributed by atoms with Crippen LogP contribution in [0.5, 0.6) is 0 Å². The number of aliphatic hydroxyl groups excluding tert-OH is 1. The van der Waals surface area contributed by atoms with Gasteiger partial charge in [-0.2, -0.15) is 0 Å². The maximum absolute atomic E-state index is 13.1. The van der Waals surface area contributed by atoms with Crippen LogP contribution in [0, 0.1) is 11.8 Å². The van der Waals surface area contributed by atoms with Crippen molar-refractivity contribution in [1.82, 2.24) is 0 Å². The van der Waals surface area contributed by atoms with Crippen molar-refractivity contribution in [2.75, 3.05) is 39.6 Å². The average molecular weight is 1400 g/mol. The van der Waals surface area contributed by atoms with Gasteiger partial charge in [0, 0.05) is 25.7 Å². The van der Waals surface area contributed by atoms with Crippen molar-refractivity contribution < 1.29 is 80.2 Å². The van der Waals surface area contributed by atoms with Crippen molar-refractivity contribution in [2.45, 2.75) is 413 Å². The summed E-state index contributed by atoms with van der Waals surface area (Å²) in [6.07, 6.45) is 55.3. The molecule has 2 unspecified atom stereocenters. The molecular weight excluding hydrogens is 1250 g/mol. The maximum Gasteiger partial charge on any atom is 0.472 e. The molecule has 0 aliphatic carbocycles. The molecule has 95 heavy (non-hydrogen) atoms. The van der Waals surface area contributed by atoms with Gasteiger partial charge in [-0.1, -0.05) is 343 Å². The molecule has 17 nitrogen and oxygen atoms in total. The van der Waals surface area contributed by atoms with Crippen LogP contribution in [0.2, 0.25) is 0 Å². The predicted octanol–water partition coefficient (Wildman–Crippen LogP) is 22.3. The van der Waals surface area contributed by atoms with Crippen molar-refractivity contribution in [3.05, 3.63) is 0 Å². The van der Waals surface area contributed by atoms with Crippen molar-refractivity contribution in [1.29, 1.82) is 0 Å². The van der Waals surface area contributed by atoms with E-state index < -0.39 is 97.5 Å². The fraction of sp³-hybridized carbons (Fsp3) is 0.947. The zero-order valence-electron chi connectivity index (χ0n) is 62.0. The predicted molar refractivity (Wildman–Crippen MR) is 386 cm³/mol. The van der Waals surface area contributed by atoms with Gasteiger partial charge in [-0.25, -0.2) is 9.13 Å². The molecule has 0 aromatic rings. The number of aliphatic hydroxyl groups is 1. The van der Waals surface area contributed by atoms with Gasteiger partial charge in [0.2, 0.25) is 0 Å². The summed E-state index contributed by atoms with van der Waals surface area (Å²) in [5, 5.41) is 10.6. The van der Waals surface area contributed by atoms with Crippen molar-refractivity contribution >= 4 is 39.5 Å². The second-order valence-electron chi connectivity index (χ2n) is 28.3. The number of phosphoric acid groups is 2. The van der Waals surface area contributed by atoms with Crippen molar-refractivity contribution in [3.8, 4) is 0 Å². The molecule has 19 heteroatoms. The van der Waals surface area contributed by atoms with Gasteiger partial charge in [0.15, 0.2) is 12.2 Å². The molecule has 3 N–H and O–H groups in total. The van der Waals surface area contributed by atoms with Gasteiger partial charge in [0.05, 0.1) is 26.4 Å². The standard InChI is InChI=1S/C76H148O17P2/c1-7-9-11-13-15-17-19-23-28-34-40-46-52-58-73(78)86-64-71(92-76(81)61-55-49-43-36-30-26-22-21-25-27-32-38-44-50-56-68(3)4)66-90-94(82,83)88-62-70(77)63-89-95(84,85)91-67-72(65-87-74(79)59-53-47-41-37-31-33-39-45-51-57-69(5)6)93-75(80)60-54-48-42-35-29-24-20-18-16-14-12-10-8-2/h68-72,77H,7-67H2,1-6H3,(H,82,83)(H,84,85)/t70-,71-,72-/m1/s1. The summed E-state index contributed by atoms with van der Waals surface area (Å²) in [5.74, 6) is -0.574. The fourth-order valence-electron chi connectivity index (χ4n) is 11.7. The summed E-state index contributed by atoms with van der Waals surface area (Å²) in [5.41, 5.74) is 0. The number of carbonyl (C=O) groups excluding carboxylic acids is 4. The first-order valence-corrected chi connectivity index (χ1v) is 42.5. The highest BCUT2D eigenvalue weighted by molar-refractivity contribution is 7.47. The number of hydrogen-bond acceptors (Lipinski definition) is 15. The summed E-state index contributed by atoms with van der Waals surface area (Å²) in [6, 6.07) is 0. The quantitative estimate of drug-likeness (QED) is 0.0222. The topological polar surface area (TPSA) is 237 Å². The molecule has 0 radical (unpaired) electrons. The van der Waals surface area contributed by atoms with Crippen molar-refractivity contribution in [3.63, 3.8) is 0 Å². The first-order valence-electron chi connectivity index (χ1n) is 39.5. The molecule has 0 fully saturated rings. The van der Waals surface area contributed by atoms with E-state index in [0.29, 0.717) is 25.7 Å². The smallest absolute Gasteiger partial charge is 0.462 e. The minimum absolute atomic E-state index is 0.107. The Bertz CT molecular complexity index is 1840. The van der Waals surface area contributed by atoms with E-state index in [-0.39, 0.29) is 25.7 Å². The summed E-state index contributed by atoms with van der Waals surface area (Å²) in [6.45, 7) is 9.61. The molecule has 0 bridgehead atoms. The molecule has 0 saturated heterocycles. The molecule has 0 spiro atoms. The van der Waals surface area contributed by atoms with Gasteiger partial charge in [-0.3, -0.25) is 37.3 Å². The Kier molecular flexibility index (Phi) is 66.5. The van der Waals surface area contributed by atoms with Gasteiger partial charge < -0.3 is 33.8 Å². The zero-order chi connectivity index (χ0) is 70.0. The number of phosphoric ester groups is 2. The molecule has 0 aromatic heterocycles. The molecule has 0 aliphatic rings. The molecule has 564 valence electrons. The van der Waals surface area contributed by atoms with Crippen LogP contribution in [0.25, 0.3) is 0 Å². The molecule has 0 rings (SSSR count). The number of esters is 4. The summed E-state index contributed by atoms with van der Waals surface area (Å²) in [7, 11) is -9.91. The van der Waals surface area contributed by atoms with Gasteiger partial charge >= 0.3 is 39.5 Å². The Balaban J connectivity index is 5.26. The van der Waals surface area contributed by atoms with Gasteiger partial charge in [0.1, 0.15) is 19.3 Å². The highest BCUT2D eigenvalue weighted by Gasteiger charge is 2.30. The minimum atomic E-state index is -4.96. The van der Waals surface area contributed by atoms with E-state index in [2.05, 4.69) is 41.5 Å². The van der Waals surface area contributed by atoms with E-state index in [1.807, 2.05) is 0 Å². The number of hydrogen-bond donors (Lipinski definition) is 3. The zero-order valence-corrected chi connectivity index (χ0v) is 63.8. The lowest BCUT2D eigenvalue weighted by molar-refractivity contribution is -0.161. The SMILES string of the molecule is CCCCCCCCCCCCCCCC(=O)OC[C@H](COP(=O)(O)OC[C@@H](O)COP(=O)(O)OC[C@@H](COC(=O)CCCCCCCCCCCC(C)C)OC(=O)CCCCCCCCCCCCCCC)OC(=O)CCCCCCCCCCCCCCCCC(C)C. The number of unbranched alkanes of at least 4 members (excludes halogenated alkanes) is 45. The Hall–Kier alpha value is -1.94. The second-order valence-corrected chi connectivity index (χ2v) is 31.3. The average Bonchev–Trinajstić information content (AvgIpc) is 1.70. The van der Waals surface area contributed by atoms with Crippen LogP contribution in [-0.4, -0.2) is 96.7 Å². The molecular formula is C76H148O17P2. The van der Waals surface area contributed by atoms with E-state index in [4.69, 9.17) is 37.0 Å². The summed E-state index contributed by atoms with van der Waals surface area (Å²) in [4.78, 5) is 72.8. The van der Waals surface area contributed by atoms with Crippen LogP contribution >= 0.6 is 15.6 Å². The van der Waals surface area contributed by atoms with Gasteiger partial charge in [0.25, 0.3) is 0 Å². The summed E-state index contributed by atoms with van der Waals surface area (Å²) >= 11 is 0. The molecule has 0 aromatic carbocycles. The monoisotopic (exact) mass is 1400 g/mol. The third kappa shape index (κ3) is 70.3. The van der Waals surface area contributed by atoms with Crippen LogP contribution in [0.3, 0.4) is 0 Å². The lowest BCUT2D eigenvalue weighted by Crippen LogP contribution is -2.30. The first kappa shape index (κ1) is 93.1. The molecule has 0 saturated carbocycles. The van der Waals surface area contributed by atoms with Crippen LogP contribution < -0.4 is 0 Å². The fourth-order valence-corrected chi connectivity index (χ4v) is 13.2. The molecule has 0 aliphatic heterocycles. The second kappa shape index (κ2) is 67.9. The lowest BCUT2D eigenvalue weighted by atomic mass is 10.0. The number of rotatable bonds is 75. The maximum atomic E-state index is 13.1.